The zero-order valence-electron chi connectivity index (χ0n) is 9.40. The molecule has 17 heavy (non-hydrogen) atoms. The van der Waals surface area contributed by atoms with Gasteiger partial charge in [0.2, 0.25) is 0 Å². The Labute approximate surface area is 99.1 Å². The zero-order chi connectivity index (χ0) is 12.7. The number of aliphatic hydroxyl groups excluding tert-OH is 1. The number of hydrogen-bond acceptors (Lipinski definition) is 3. The van der Waals surface area contributed by atoms with Gasteiger partial charge in [-0.05, 0) is 12.5 Å². The molecule has 0 aliphatic rings. The lowest BCUT2D eigenvalue weighted by atomic mass is 10.2. The van der Waals surface area contributed by atoms with Crippen LogP contribution in [0.1, 0.15) is 18.4 Å². The second-order valence-corrected chi connectivity index (χ2v) is 3.81. The highest BCUT2D eigenvalue weighted by molar-refractivity contribution is 5.66. The summed E-state index contributed by atoms with van der Waals surface area (Å²) < 4.78 is 13.2. The van der Waals surface area contributed by atoms with Crippen molar-refractivity contribution in [3.63, 3.8) is 0 Å². The molecule has 5 heteroatoms. The van der Waals surface area contributed by atoms with Crippen molar-refractivity contribution in [2.45, 2.75) is 25.5 Å². The molecular formula is C12H16FNO3. The molecule has 1 rings (SSSR count). The first-order chi connectivity index (χ1) is 8.09. The van der Waals surface area contributed by atoms with E-state index in [0.29, 0.717) is 12.1 Å². The lowest BCUT2D eigenvalue weighted by Gasteiger charge is -2.10. The van der Waals surface area contributed by atoms with E-state index in [4.69, 9.17) is 5.11 Å². The number of rotatable bonds is 7. The third-order valence-corrected chi connectivity index (χ3v) is 2.34. The number of halogens is 1. The normalized spacial score (nSPS) is 12.4. The summed E-state index contributed by atoms with van der Waals surface area (Å²) in [5.74, 6) is -1.22. The lowest BCUT2D eigenvalue weighted by Crippen LogP contribution is -2.27. The standard InChI is InChI=1S/C12H16FNO3/c13-11-4-2-1-3-9(11)7-14-8-10(15)5-6-12(16)17/h1-4,10,14-15H,5-8H2,(H,16,17). The third-order valence-electron chi connectivity index (χ3n) is 2.34. The van der Waals surface area contributed by atoms with Gasteiger partial charge in [-0.1, -0.05) is 18.2 Å². The van der Waals surface area contributed by atoms with Gasteiger partial charge in [0.05, 0.1) is 6.10 Å². The maximum absolute atomic E-state index is 13.2. The Hall–Kier alpha value is -1.46. The summed E-state index contributed by atoms with van der Waals surface area (Å²) >= 11 is 0. The van der Waals surface area contributed by atoms with Gasteiger partial charge < -0.3 is 15.5 Å². The fourth-order valence-corrected chi connectivity index (χ4v) is 1.41. The minimum atomic E-state index is -0.932. The topological polar surface area (TPSA) is 69.6 Å². The van der Waals surface area contributed by atoms with Gasteiger partial charge in [0.1, 0.15) is 5.82 Å². The molecule has 0 aromatic heterocycles. The predicted octanol–water partition coefficient (Wildman–Crippen LogP) is 1.14. The van der Waals surface area contributed by atoms with E-state index in [1.165, 1.54) is 6.07 Å². The number of carboxylic acids is 1. The number of aliphatic hydroxyl groups is 1. The molecule has 1 atom stereocenters. The summed E-state index contributed by atoms with van der Waals surface area (Å²) in [5.41, 5.74) is 0.526. The highest BCUT2D eigenvalue weighted by Gasteiger charge is 2.07. The van der Waals surface area contributed by atoms with Crippen LogP contribution in [0.15, 0.2) is 24.3 Å². The average molecular weight is 241 g/mol. The van der Waals surface area contributed by atoms with Gasteiger partial charge in [-0.25, -0.2) is 4.39 Å². The maximum atomic E-state index is 13.2. The largest absolute Gasteiger partial charge is 0.481 e. The van der Waals surface area contributed by atoms with E-state index in [-0.39, 0.29) is 25.2 Å². The van der Waals surface area contributed by atoms with Crippen molar-refractivity contribution >= 4 is 5.97 Å². The summed E-state index contributed by atoms with van der Waals surface area (Å²) in [5, 5.41) is 20.7. The lowest BCUT2D eigenvalue weighted by molar-refractivity contribution is -0.137. The van der Waals surface area contributed by atoms with E-state index < -0.39 is 12.1 Å². The molecular weight excluding hydrogens is 225 g/mol. The van der Waals surface area contributed by atoms with E-state index in [9.17, 15) is 14.3 Å². The molecule has 4 nitrogen and oxygen atoms in total. The van der Waals surface area contributed by atoms with Crippen LogP contribution in [0.5, 0.6) is 0 Å². The van der Waals surface area contributed by atoms with Gasteiger partial charge in [0.25, 0.3) is 0 Å². The molecule has 1 unspecified atom stereocenters. The number of carboxylic acid groups (broad SMARTS) is 1. The molecule has 0 spiro atoms. The van der Waals surface area contributed by atoms with Crippen LogP contribution in [0.4, 0.5) is 4.39 Å². The monoisotopic (exact) mass is 241 g/mol. The molecule has 0 fully saturated rings. The van der Waals surface area contributed by atoms with Gasteiger partial charge in [-0.15, -0.1) is 0 Å². The molecule has 0 saturated carbocycles. The minimum Gasteiger partial charge on any atom is -0.481 e. The Morgan fingerprint density at radius 2 is 2.12 bits per heavy atom. The summed E-state index contributed by atoms with van der Waals surface area (Å²) in [4.78, 5) is 10.3. The Morgan fingerprint density at radius 3 is 2.76 bits per heavy atom. The van der Waals surface area contributed by atoms with Crippen LogP contribution >= 0.6 is 0 Å². The van der Waals surface area contributed by atoms with Crippen molar-refractivity contribution in [2.24, 2.45) is 0 Å². The van der Waals surface area contributed by atoms with Crippen molar-refractivity contribution < 1.29 is 19.4 Å². The van der Waals surface area contributed by atoms with Crippen molar-refractivity contribution in [2.75, 3.05) is 6.54 Å². The first kappa shape index (κ1) is 13.6. The van der Waals surface area contributed by atoms with E-state index in [2.05, 4.69) is 5.32 Å². The number of hydrogen-bond donors (Lipinski definition) is 3. The highest BCUT2D eigenvalue weighted by Crippen LogP contribution is 2.05. The van der Waals surface area contributed by atoms with Gasteiger partial charge in [-0.2, -0.15) is 0 Å². The van der Waals surface area contributed by atoms with E-state index in [0.717, 1.165) is 0 Å². The average Bonchev–Trinajstić information content (AvgIpc) is 2.29. The highest BCUT2D eigenvalue weighted by atomic mass is 19.1. The van der Waals surface area contributed by atoms with Crippen LogP contribution in [0.25, 0.3) is 0 Å². The molecule has 0 aliphatic heterocycles. The number of aliphatic carboxylic acids is 1. The number of benzene rings is 1. The molecule has 1 aromatic carbocycles. The van der Waals surface area contributed by atoms with Crippen LogP contribution in [-0.4, -0.2) is 28.8 Å². The first-order valence-corrected chi connectivity index (χ1v) is 5.43. The maximum Gasteiger partial charge on any atom is 0.303 e. The minimum absolute atomic E-state index is 0.0669. The summed E-state index contributed by atoms with van der Waals surface area (Å²) in [6.45, 7) is 0.568. The Kier molecular flexibility index (Phi) is 5.59. The van der Waals surface area contributed by atoms with Gasteiger partial charge in [0.15, 0.2) is 0 Å². The summed E-state index contributed by atoms with van der Waals surface area (Å²) in [7, 11) is 0. The molecule has 1 aromatic rings. The smallest absolute Gasteiger partial charge is 0.303 e. The Balaban J connectivity index is 2.24. The number of nitrogens with one attached hydrogen (secondary N) is 1. The van der Waals surface area contributed by atoms with Crippen molar-refractivity contribution in [1.82, 2.24) is 5.32 Å². The van der Waals surface area contributed by atoms with E-state index in [1.54, 1.807) is 18.2 Å². The summed E-state index contributed by atoms with van der Waals surface area (Å²) in [6.07, 6.45) is -0.597. The van der Waals surface area contributed by atoms with Gasteiger partial charge >= 0.3 is 5.97 Å². The quantitative estimate of drug-likeness (QED) is 0.669. The molecule has 0 bridgehead atoms. The SMILES string of the molecule is O=C(O)CCC(O)CNCc1ccccc1F. The predicted molar refractivity (Wildman–Crippen MR) is 61.0 cm³/mol. The second kappa shape index (κ2) is 6.98. The van der Waals surface area contributed by atoms with Crippen LogP contribution < -0.4 is 5.32 Å². The second-order valence-electron chi connectivity index (χ2n) is 3.81. The zero-order valence-corrected chi connectivity index (χ0v) is 9.40. The van der Waals surface area contributed by atoms with Gasteiger partial charge in [0, 0.05) is 25.1 Å². The van der Waals surface area contributed by atoms with E-state index >= 15 is 0 Å². The van der Waals surface area contributed by atoms with Crippen LogP contribution in [0.3, 0.4) is 0 Å². The number of carbonyl (C=O) groups is 1. The fraction of sp³-hybridized carbons (Fsp3) is 0.417. The van der Waals surface area contributed by atoms with Crippen molar-refractivity contribution in [1.29, 1.82) is 0 Å². The molecule has 0 radical (unpaired) electrons. The van der Waals surface area contributed by atoms with Crippen LogP contribution in [0.2, 0.25) is 0 Å². The third kappa shape index (κ3) is 5.42. The van der Waals surface area contributed by atoms with Crippen molar-refractivity contribution in [3.05, 3.63) is 35.6 Å². The molecule has 0 aliphatic carbocycles. The molecule has 0 heterocycles. The van der Waals surface area contributed by atoms with Gasteiger partial charge in [-0.3, -0.25) is 4.79 Å². The molecule has 0 amide bonds. The van der Waals surface area contributed by atoms with Crippen LogP contribution in [0, 0.1) is 5.82 Å². The fourth-order valence-electron chi connectivity index (χ4n) is 1.41. The first-order valence-electron chi connectivity index (χ1n) is 5.43. The van der Waals surface area contributed by atoms with Crippen LogP contribution in [-0.2, 0) is 11.3 Å². The molecule has 0 saturated heterocycles. The molecule has 3 N–H and O–H groups in total. The van der Waals surface area contributed by atoms with E-state index in [1.807, 2.05) is 0 Å². The Bertz CT molecular complexity index is 371. The Morgan fingerprint density at radius 1 is 1.41 bits per heavy atom. The summed E-state index contributed by atoms with van der Waals surface area (Å²) in [6, 6.07) is 6.38. The molecule has 94 valence electrons. The van der Waals surface area contributed by atoms with Crippen molar-refractivity contribution in [3.8, 4) is 0 Å².